The predicted molar refractivity (Wildman–Crippen MR) is 86.8 cm³/mol. The molecule has 2 aromatic rings. The van der Waals surface area contributed by atoms with E-state index in [0.29, 0.717) is 10.7 Å². The maximum absolute atomic E-state index is 13.0. The quantitative estimate of drug-likeness (QED) is 0.795. The fourth-order valence-electron chi connectivity index (χ4n) is 1.61. The van der Waals surface area contributed by atoms with E-state index in [-0.39, 0.29) is 15.6 Å². The maximum atomic E-state index is 13.0. The van der Waals surface area contributed by atoms with Crippen LogP contribution in [0.1, 0.15) is 10.4 Å². The van der Waals surface area contributed by atoms with Gasteiger partial charge in [-0.3, -0.25) is 4.79 Å². The third kappa shape index (κ3) is 4.82. The maximum Gasteiger partial charge on any atom is 0.338 e. The Labute approximate surface area is 146 Å². The number of ether oxygens (including phenoxy) is 1. The minimum atomic E-state index is -0.795. The van der Waals surface area contributed by atoms with Crippen molar-refractivity contribution in [1.82, 2.24) is 0 Å². The van der Waals surface area contributed by atoms with Gasteiger partial charge in [0, 0.05) is 5.69 Å². The van der Waals surface area contributed by atoms with Crippen LogP contribution in [0.5, 0.6) is 0 Å². The summed E-state index contributed by atoms with van der Waals surface area (Å²) in [5.41, 5.74) is 0.448. The third-order valence-corrected chi connectivity index (χ3v) is 3.72. The zero-order valence-corrected chi connectivity index (χ0v) is 13.7. The molecule has 0 radical (unpaired) electrons. The molecule has 0 aliphatic rings. The van der Waals surface area contributed by atoms with E-state index in [4.69, 9.17) is 39.5 Å². The topological polar surface area (TPSA) is 55.4 Å². The van der Waals surface area contributed by atoms with Gasteiger partial charge in [0.1, 0.15) is 5.82 Å². The Morgan fingerprint density at radius 1 is 1.00 bits per heavy atom. The van der Waals surface area contributed by atoms with Crippen LogP contribution in [0.2, 0.25) is 15.1 Å². The van der Waals surface area contributed by atoms with Crippen molar-refractivity contribution in [2.24, 2.45) is 0 Å². The fourth-order valence-corrected chi connectivity index (χ4v) is 2.09. The number of hydrogen-bond acceptors (Lipinski definition) is 3. The summed E-state index contributed by atoms with van der Waals surface area (Å²) in [5.74, 6) is -2.01. The van der Waals surface area contributed by atoms with Gasteiger partial charge in [0.15, 0.2) is 6.61 Å². The van der Waals surface area contributed by atoms with Crippen LogP contribution in [0.15, 0.2) is 36.4 Å². The summed E-state index contributed by atoms with van der Waals surface area (Å²) in [4.78, 5) is 23.5. The van der Waals surface area contributed by atoms with Crippen molar-refractivity contribution >= 4 is 52.4 Å². The second-order valence-electron chi connectivity index (χ2n) is 4.38. The lowest BCUT2D eigenvalue weighted by Gasteiger charge is -2.08. The highest BCUT2D eigenvalue weighted by Gasteiger charge is 2.12. The first-order valence-corrected chi connectivity index (χ1v) is 7.37. The molecule has 4 nitrogen and oxygen atoms in total. The van der Waals surface area contributed by atoms with Crippen LogP contribution in [0.3, 0.4) is 0 Å². The molecule has 0 unspecified atom stereocenters. The number of halogens is 4. The van der Waals surface area contributed by atoms with Gasteiger partial charge in [0.25, 0.3) is 5.91 Å². The first-order chi connectivity index (χ1) is 10.9. The van der Waals surface area contributed by atoms with E-state index in [1.807, 2.05) is 0 Å². The van der Waals surface area contributed by atoms with Crippen LogP contribution in [0.25, 0.3) is 0 Å². The molecule has 0 spiro atoms. The molecular weight excluding hydrogens is 368 g/mol. The number of rotatable bonds is 4. The summed E-state index contributed by atoms with van der Waals surface area (Å²) in [5, 5.41) is 2.91. The number of nitrogens with one attached hydrogen (secondary N) is 1. The van der Waals surface area contributed by atoms with Gasteiger partial charge >= 0.3 is 5.97 Å². The normalized spacial score (nSPS) is 10.3. The second-order valence-corrected chi connectivity index (χ2v) is 5.60. The Bertz CT molecular complexity index is 768. The molecule has 0 saturated heterocycles. The Balaban J connectivity index is 1.91. The summed E-state index contributed by atoms with van der Waals surface area (Å²) >= 11 is 17.2. The molecule has 0 aliphatic carbocycles. The standard InChI is InChI=1S/C15H9Cl3FNO3/c16-10-3-2-9(6-11(10)17)20-14(21)7-23-15(22)8-1-4-13(19)12(18)5-8/h1-6H,7H2,(H,20,21). The van der Waals surface area contributed by atoms with Crippen LogP contribution in [-0.2, 0) is 9.53 Å². The second kappa shape index (κ2) is 7.64. The van der Waals surface area contributed by atoms with Crippen LogP contribution >= 0.6 is 34.8 Å². The highest BCUT2D eigenvalue weighted by molar-refractivity contribution is 6.42. The van der Waals surface area contributed by atoms with E-state index in [2.05, 4.69) is 5.32 Å². The molecule has 2 aromatic carbocycles. The van der Waals surface area contributed by atoms with E-state index in [9.17, 15) is 14.0 Å². The van der Waals surface area contributed by atoms with Crippen molar-refractivity contribution in [3.63, 3.8) is 0 Å². The largest absolute Gasteiger partial charge is 0.452 e. The lowest BCUT2D eigenvalue weighted by Crippen LogP contribution is -2.21. The SMILES string of the molecule is O=C(COC(=O)c1ccc(F)c(Cl)c1)Nc1ccc(Cl)c(Cl)c1. The van der Waals surface area contributed by atoms with Crippen molar-refractivity contribution in [3.05, 3.63) is 62.8 Å². The number of esters is 1. The molecule has 2 rings (SSSR count). The van der Waals surface area contributed by atoms with Crippen molar-refractivity contribution in [2.75, 3.05) is 11.9 Å². The van der Waals surface area contributed by atoms with E-state index in [1.165, 1.54) is 18.2 Å². The molecule has 23 heavy (non-hydrogen) atoms. The molecule has 0 heterocycles. The van der Waals surface area contributed by atoms with Crippen molar-refractivity contribution in [1.29, 1.82) is 0 Å². The Morgan fingerprint density at radius 2 is 1.74 bits per heavy atom. The molecule has 8 heteroatoms. The molecule has 0 fully saturated rings. The summed E-state index contributed by atoms with van der Waals surface area (Å²) in [6.07, 6.45) is 0. The van der Waals surface area contributed by atoms with Crippen molar-refractivity contribution in [3.8, 4) is 0 Å². The van der Waals surface area contributed by atoms with Gasteiger partial charge < -0.3 is 10.1 Å². The van der Waals surface area contributed by atoms with Crippen molar-refractivity contribution in [2.45, 2.75) is 0 Å². The zero-order valence-electron chi connectivity index (χ0n) is 11.4. The Morgan fingerprint density at radius 3 is 2.39 bits per heavy atom. The van der Waals surface area contributed by atoms with Gasteiger partial charge in [-0.1, -0.05) is 34.8 Å². The highest BCUT2D eigenvalue weighted by Crippen LogP contribution is 2.25. The lowest BCUT2D eigenvalue weighted by atomic mass is 10.2. The summed E-state index contributed by atoms with van der Waals surface area (Å²) in [7, 11) is 0. The van der Waals surface area contributed by atoms with E-state index >= 15 is 0 Å². The average molecular weight is 377 g/mol. The average Bonchev–Trinajstić information content (AvgIpc) is 2.51. The van der Waals surface area contributed by atoms with Crippen LogP contribution in [-0.4, -0.2) is 18.5 Å². The minimum Gasteiger partial charge on any atom is -0.452 e. The number of amides is 1. The van der Waals surface area contributed by atoms with Gasteiger partial charge in [-0.25, -0.2) is 9.18 Å². The number of benzene rings is 2. The molecule has 1 N–H and O–H groups in total. The lowest BCUT2D eigenvalue weighted by molar-refractivity contribution is -0.119. The molecule has 120 valence electrons. The van der Waals surface area contributed by atoms with Gasteiger partial charge in [-0.15, -0.1) is 0 Å². The van der Waals surface area contributed by atoms with Crippen LogP contribution in [0, 0.1) is 5.82 Å². The first kappa shape index (κ1) is 17.5. The summed E-state index contributed by atoms with van der Waals surface area (Å²) in [6.45, 7) is -0.520. The molecule has 0 aromatic heterocycles. The number of carbonyl (C=O) groups is 2. The zero-order chi connectivity index (χ0) is 17.0. The number of anilines is 1. The Hall–Kier alpha value is -1.82. The van der Waals surface area contributed by atoms with E-state index in [1.54, 1.807) is 6.07 Å². The summed E-state index contributed by atoms with van der Waals surface area (Å²) in [6, 6.07) is 7.90. The van der Waals surface area contributed by atoms with Crippen molar-refractivity contribution < 1.29 is 18.7 Å². The smallest absolute Gasteiger partial charge is 0.338 e. The first-order valence-electron chi connectivity index (χ1n) is 6.24. The van der Waals surface area contributed by atoms with Gasteiger partial charge in [0.05, 0.1) is 20.6 Å². The summed E-state index contributed by atoms with van der Waals surface area (Å²) < 4.78 is 17.8. The molecule has 0 aliphatic heterocycles. The minimum absolute atomic E-state index is 0.0405. The molecule has 0 atom stereocenters. The van der Waals surface area contributed by atoms with Crippen LogP contribution in [0.4, 0.5) is 10.1 Å². The Kier molecular flexibility index (Phi) is 5.82. The fraction of sp³-hybridized carbons (Fsp3) is 0.0667. The molecule has 0 bridgehead atoms. The van der Waals surface area contributed by atoms with Gasteiger partial charge in [0.2, 0.25) is 0 Å². The third-order valence-electron chi connectivity index (χ3n) is 2.69. The van der Waals surface area contributed by atoms with Gasteiger partial charge in [-0.05, 0) is 36.4 Å². The number of hydrogen-bond donors (Lipinski definition) is 1. The van der Waals surface area contributed by atoms with E-state index in [0.717, 1.165) is 12.1 Å². The van der Waals surface area contributed by atoms with Crippen LogP contribution < -0.4 is 5.32 Å². The van der Waals surface area contributed by atoms with E-state index < -0.39 is 24.3 Å². The predicted octanol–water partition coefficient (Wildman–Crippen LogP) is 4.58. The highest BCUT2D eigenvalue weighted by atomic mass is 35.5. The monoisotopic (exact) mass is 375 g/mol. The molecule has 1 amide bonds. The number of carbonyl (C=O) groups excluding carboxylic acids is 2. The molecular formula is C15H9Cl3FNO3. The molecule has 0 saturated carbocycles. The van der Waals surface area contributed by atoms with Gasteiger partial charge in [-0.2, -0.15) is 0 Å².